The highest BCUT2D eigenvalue weighted by Gasteiger charge is 2.23. The molecule has 0 spiro atoms. The maximum absolute atomic E-state index is 2.47. The van der Waals surface area contributed by atoms with Crippen molar-refractivity contribution in [1.82, 2.24) is 18.3 Å². The second kappa shape index (κ2) is 13.4. The standard InChI is InChI=1S/C60H38N4/c1-3-15-41(16-4-1)62-52-23-11-7-19-45(52)48-37-38-56-57(58(48)62)51-22-10-14-26-55(51)61(56)43-31-27-39(28-32-43)40-29-33-44(34-30-40)64-54-25-13-9-21-47(54)50-36-35-49-46-20-8-12-24-53(46)63(59(49)60(50)64)42-17-5-2-6-18-42/h1-38H. The van der Waals surface area contributed by atoms with E-state index in [4.69, 9.17) is 0 Å². The molecule has 4 nitrogen and oxygen atoms in total. The zero-order valence-electron chi connectivity index (χ0n) is 34.7. The first-order valence-electron chi connectivity index (χ1n) is 22.0. The van der Waals surface area contributed by atoms with Crippen molar-refractivity contribution in [2.45, 2.75) is 0 Å². The van der Waals surface area contributed by atoms with E-state index in [0.29, 0.717) is 0 Å². The molecule has 0 N–H and O–H groups in total. The molecule has 4 heterocycles. The Morgan fingerprint density at radius 3 is 0.984 bits per heavy atom. The summed E-state index contributed by atoms with van der Waals surface area (Å²) in [6, 6.07) is 84.2. The minimum atomic E-state index is 1.13. The molecule has 0 aliphatic carbocycles. The van der Waals surface area contributed by atoms with Gasteiger partial charge in [0.15, 0.2) is 0 Å². The van der Waals surface area contributed by atoms with E-state index < -0.39 is 0 Å². The Kier molecular flexibility index (Phi) is 7.36. The van der Waals surface area contributed by atoms with Crippen LogP contribution < -0.4 is 0 Å². The quantitative estimate of drug-likeness (QED) is 0.165. The molecule has 10 aromatic carbocycles. The van der Waals surface area contributed by atoms with Crippen LogP contribution in [0.5, 0.6) is 0 Å². The first-order valence-corrected chi connectivity index (χ1v) is 22.0. The van der Waals surface area contributed by atoms with Crippen LogP contribution in [0.25, 0.3) is 121 Å². The molecular weight excluding hydrogens is 777 g/mol. The molecular formula is C60H38N4. The highest BCUT2D eigenvalue weighted by atomic mass is 15.0. The molecule has 14 aromatic rings. The van der Waals surface area contributed by atoms with Crippen LogP contribution >= 0.6 is 0 Å². The van der Waals surface area contributed by atoms with E-state index in [9.17, 15) is 0 Å². The minimum absolute atomic E-state index is 1.13. The third kappa shape index (κ3) is 4.88. The molecule has 0 radical (unpaired) electrons. The summed E-state index contributed by atoms with van der Waals surface area (Å²) >= 11 is 0. The van der Waals surface area contributed by atoms with E-state index in [1.807, 2.05) is 0 Å². The fourth-order valence-electron chi connectivity index (χ4n) is 10.9. The topological polar surface area (TPSA) is 19.7 Å². The van der Waals surface area contributed by atoms with Crippen LogP contribution in [-0.2, 0) is 0 Å². The summed E-state index contributed by atoms with van der Waals surface area (Å²) in [7, 11) is 0. The predicted octanol–water partition coefficient (Wildman–Crippen LogP) is 15.7. The van der Waals surface area contributed by atoms with Crippen molar-refractivity contribution in [2.75, 3.05) is 0 Å². The van der Waals surface area contributed by atoms with Crippen LogP contribution in [0.3, 0.4) is 0 Å². The highest BCUT2D eigenvalue weighted by molar-refractivity contribution is 6.26. The lowest BCUT2D eigenvalue weighted by Crippen LogP contribution is -1.98. The van der Waals surface area contributed by atoms with Crippen LogP contribution in [0.15, 0.2) is 231 Å². The Labute approximate surface area is 368 Å². The second-order valence-corrected chi connectivity index (χ2v) is 16.9. The van der Waals surface area contributed by atoms with Gasteiger partial charge in [0.2, 0.25) is 0 Å². The molecule has 4 heteroatoms. The Bertz CT molecular complexity index is 4150. The van der Waals surface area contributed by atoms with Gasteiger partial charge in [-0.3, -0.25) is 0 Å². The van der Waals surface area contributed by atoms with Gasteiger partial charge >= 0.3 is 0 Å². The summed E-state index contributed by atoms with van der Waals surface area (Å²) in [6.07, 6.45) is 0. The van der Waals surface area contributed by atoms with Crippen LogP contribution in [0, 0.1) is 0 Å². The van der Waals surface area contributed by atoms with Gasteiger partial charge in [0.1, 0.15) is 0 Å². The van der Waals surface area contributed by atoms with E-state index in [1.54, 1.807) is 0 Å². The lowest BCUT2D eigenvalue weighted by molar-refractivity contribution is 1.15. The lowest BCUT2D eigenvalue weighted by atomic mass is 10.0. The van der Waals surface area contributed by atoms with Crippen LogP contribution in [0.4, 0.5) is 0 Å². The van der Waals surface area contributed by atoms with Crippen molar-refractivity contribution >= 4 is 87.2 Å². The maximum atomic E-state index is 2.47. The van der Waals surface area contributed by atoms with Crippen molar-refractivity contribution < 1.29 is 0 Å². The largest absolute Gasteiger partial charge is 0.309 e. The van der Waals surface area contributed by atoms with E-state index in [0.717, 1.165) is 22.7 Å². The molecule has 14 rings (SSSR count). The fourth-order valence-corrected chi connectivity index (χ4v) is 10.9. The van der Waals surface area contributed by atoms with Gasteiger partial charge in [-0.1, -0.05) is 152 Å². The molecule has 0 fully saturated rings. The molecule has 0 atom stereocenters. The Morgan fingerprint density at radius 1 is 0.188 bits per heavy atom. The molecule has 0 saturated heterocycles. The smallest absolute Gasteiger partial charge is 0.0788 e. The van der Waals surface area contributed by atoms with Crippen LogP contribution in [-0.4, -0.2) is 18.3 Å². The van der Waals surface area contributed by atoms with Gasteiger partial charge in [-0.25, -0.2) is 0 Å². The van der Waals surface area contributed by atoms with Gasteiger partial charge in [-0.15, -0.1) is 0 Å². The SMILES string of the molecule is c1ccc(-n2c3ccccc3c3ccc4c(c5ccccc5n4-c4ccc(-c5ccc(-n6c7ccccc7c7ccc8c9ccccc9n(-c9ccccc9)c8c76)cc5)cc4)c32)cc1. The first-order chi connectivity index (χ1) is 31.8. The lowest BCUT2D eigenvalue weighted by Gasteiger charge is -2.13. The van der Waals surface area contributed by atoms with E-state index in [2.05, 4.69) is 249 Å². The van der Waals surface area contributed by atoms with Gasteiger partial charge in [0.25, 0.3) is 0 Å². The molecule has 0 saturated carbocycles. The molecule has 0 bridgehead atoms. The summed E-state index contributed by atoms with van der Waals surface area (Å²) in [5.74, 6) is 0. The van der Waals surface area contributed by atoms with Gasteiger partial charge in [0, 0.05) is 65.8 Å². The average Bonchev–Trinajstić information content (AvgIpc) is 4.10. The Morgan fingerprint density at radius 2 is 0.516 bits per heavy atom. The van der Waals surface area contributed by atoms with Gasteiger partial charge in [-0.05, 0) is 90.0 Å². The average molecular weight is 815 g/mol. The Hall–Kier alpha value is -8.60. The van der Waals surface area contributed by atoms with Crippen molar-refractivity contribution in [3.63, 3.8) is 0 Å². The summed E-state index contributed by atoms with van der Waals surface area (Å²) in [5, 5.41) is 10.0. The van der Waals surface area contributed by atoms with E-state index in [1.165, 1.54) is 98.4 Å². The van der Waals surface area contributed by atoms with E-state index in [-0.39, 0.29) is 0 Å². The molecule has 0 aliphatic rings. The van der Waals surface area contributed by atoms with Crippen molar-refractivity contribution in [3.8, 4) is 33.9 Å². The molecule has 4 aromatic heterocycles. The predicted molar refractivity (Wildman–Crippen MR) is 269 cm³/mol. The van der Waals surface area contributed by atoms with Crippen molar-refractivity contribution in [2.24, 2.45) is 0 Å². The maximum Gasteiger partial charge on any atom is 0.0788 e. The number of hydrogen-bond donors (Lipinski definition) is 0. The minimum Gasteiger partial charge on any atom is -0.309 e. The Balaban J connectivity index is 0.915. The van der Waals surface area contributed by atoms with Gasteiger partial charge in [0.05, 0.1) is 44.1 Å². The van der Waals surface area contributed by atoms with Crippen molar-refractivity contribution in [1.29, 1.82) is 0 Å². The number of rotatable bonds is 5. The van der Waals surface area contributed by atoms with Gasteiger partial charge in [-0.2, -0.15) is 0 Å². The molecule has 0 unspecified atom stereocenters. The summed E-state index contributed by atoms with van der Waals surface area (Å²) < 4.78 is 9.79. The number of para-hydroxylation sites is 6. The number of fused-ring (bicyclic) bond motifs is 14. The number of hydrogen-bond acceptors (Lipinski definition) is 0. The number of aromatic nitrogens is 4. The zero-order valence-corrected chi connectivity index (χ0v) is 34.7. The summed E-state index contributed by atoms with van der Waals surface area (Å²) in [6.45, 7) is 0. The van der Waals surface area contributed by atoms with Crippen molar-refractivity contribution in [3.05, 3.63) is 231 Å². The highest BCUT2D eigenvalue weighted by Crippen LogP contribution is 2.44. The number of nitrogens with zero attached hydrogens (tertiary/aromatic N) is 4. The molecule has 64 heavy (non-hydrogen) atoms. The summed E-state index contributed by atoms with van der Waals surface area (Å²) in [5.41, 5.74) is 16.6. The normalized spacial score (nSPS) is 12.1. The third-order valence-electron chi connectivity index (χ3n) is 13.6. The van der Waals surface area contributed by atoms with E-state index >= 15 is 0 Å². The molecule has 0 aliphatic heterocycles. The second-order valence-electron chi connectivity index (χ2n) is 16.9. The summed E-state index contributed by atoms with van der Waals surface area (Å²) in [4.78, 5) is 0. The third-order valence-corrected chi connectivity index (χ3v) is 13.6. The molecule has 298 valence electrons. The van der Waals surface area contributed by atoms with Crippen LogP contribution in [0.2, 0.25) is 0 Å². The van der Waals surface area contributed by atoms with Gasteiger partial charge < -0.3 is 18.3 Å². The number of benzene rings is 10. The first kappa shape index (κ1) is 35.0. The molecule has 0 amide bonds. The fraction of sp³-hybridized carbons (Fsp3) is 0. The zero-order chi connectivity index (χ0) is 41.9. The van der Waals surface area contributed by atoms with Crippen LogP contribution in [0.1, 0.15) is 0 Å². The monoisotopic (exact) mass is 814 g/mol.